The van der Waals surface area contributed by atoms with E-state index in [1.54, 1.807) is 34.9 Å². The van der Waals surface area contributed by atoms with E-state index in [9.17, 15) is 18.0 Å². The molecule has 166 valence electrons. The number of benzene rings is 1. The SMILES string of the molecule is COc1ccc(S(=O)(=O)N2CC3CC(C2)c2ccc(NC(=O)CSC)c(=O)n2C3)cc1. The van der Waals surface area contributed by atoms with E-state index < -0.39 is 10.0 Å². The number of thioether (sulfide) groups is 1. The standard InChI is InChI=1S/C21H25N3O5S2/c1-29-16-3-5-17(6-4-16)31(27,28)23-10-14-9-15(12-23)19-8-7-18(21(26)24(19)11-14)22-20(25)13-30-2/h3-8,14-15H,9-13H2,1-2H3,(H,22,25). The van der Waals surface area contributed by atoms with Gasteiger partial charge in [0.2, 0.25) is 15.9 Å². The molecule has 31 heavy (non-hydrogen) atoms. The largest absolute Gasteiger partial charge is 0.497 e. The van der Waals surface area contributed by atoms with E-state index in [1.165, 1.54) is 23.2 Å². The van der Waals surface area contributed by atoms with Crippen LogP contribution in [0.25, 0.3) is 0 Å². The van der Waals surface area contributed by atoms with E-state index in [1.807, 2.05) is 12.3 Å². The third-order valence-electron chi connectivity index (χ3n) is 5.82. The molecule has 2 aliphatic rings. The number of carbonyl (C=O) groups excluding carboxylic acids is 1. The van der Waals surface area contributed by atoms with Gasteiger partial charge in [-0.05, 0) is 55.0 Å². The topological polar surface area (TPSA) is 97.7 Å². The fourth-order valence-electron chi connectivity index (χ4n) is 4.41. The van der Waals surface area contributed by atoms with Gasteiger partial charge in [0.1, 0.15) is 11.4 Å². The molecule has 1 fully saturated rings. The molecule has 0 radical (unpaired) electrons. The number of ether oxygens (including phenoxy) is 1. The number of hydrogen-bond acceptors (Lipinski definition) is 6. The average Bonchev–Trinajstić information content (AvgIpc) is 2.76. The molecule has 1 aromatic heterocycles. The van der Waals surface area contributed by atoms with E-state index in [4.69, 9.17) is 4.74 Å². The number of methoxy groups -OCH3 is 1. The maximum absolute atomic E-state index is 13.2. The Balaban J connectivity index is 1.59. The molecule has 1 N–H and O–H groups in total. The van der Waals surface area contributed by atoms with Crippen LogP contribution in [0.1, 0.15) is 18.0 Å². The fraction of sp³-hybridized carbons (Fsp3) is 0.429. The number of carbonyl (C=O) groups is 1. The normalized spacial score (nSPS) is 20.7. The molecule has 8 nitrogen and oxygen atoms in total. The number of piperidine rings is 1. The molecule has 2 aliphatic heterocycles. The average molecular weight is 464 g/mol. The number of amides is 1. The number of pyridine rings is 1. The molecule has 2 bridgehead atoms. The smallest absolute Gasteiger partial charge is 0.274 e. The molecule has 0 spiro atoms. The lowest BCUT2D eigenvalue weighted by Gasteiger charge is -2.42. The second kappa shape index (κ2) is 8.68. The third-order valence-corrected chi connectivity index (χ3v) is 8.21. The molecule has 0 saturated carbocycles. The summed E-state index contributed by atoms with van der Waals surface area (Å²) in [4.78, 5) is 25.1. The Labute approximate surface area is 185 Å². The van der Waals surface area contributed by atoms with Gasteiger partial charge < -0.3 is 14.6 Å². The van der Waals surface area contributed by atoms with Gasteiger partial charge >= 0.3 is 0 Å². The number of hydrogen-bond donors (Lipinski definition) is 1. The van der Waals surface area contributed by atoms with Crippen molar-refractivity contribution >= 4 is 33.4 Å². The van der Waals surface area contributed by atoms with Crippen molar-refractivity contribution in [2.24, 2.45) is 5.92 Å². The van der Waals surface area contributed by atoms with Gasteiger partial charge in [0.25, 0.3) is 5.56 Å². The summed E-state index contributed by atoms with van der Waals surface area (Å²) in [5, 5.41) is 2.68. The lowest BCUT2D eigenvalue weighted by molar-refractivity contribution is -0.113. The molecule has 2 atom stereocenters. The highest BCUT2D eigenvalue weighted by Gasteiger charge is 2.39. The van der Waals surface area contributed by atoms with Gasteiger partial charge in [0.15, 0.2) is 0 Å². The zero-order chi connectivity index (χ0) is 22.2. The van der Waals surface area contributed by atoms with Crippen molar-refractivity contribution < 1.29 is 17.9 Å². The lowest BCUT2D eigenvalue weighted by atomic mass is 9.84. The van der Waals surface area contributed by atoms with E-state index >= 15 is 0 Å². The highest BCUT2D eigenvalue weighted by Crippen LogP contribution is 2.37. The number of anilines is 1. The van der Waals surface area contributed by atoms with Gasteiger partial charge in [-0.1, -0.05) is 0 Å². The number of sulfonamides is 1. The first-order chi connectivity index (χ1) is 14.8. The van der Waals surface area contributed by atoms with Crippen molar-refractivity contribution in [3.8, 4) is 5.75 Å². The first kappa shape index (κ1) is 21.9. The molecule has 10 heteroatoms. The minimum absolute atomic E-state index is 0.0362. The van der Waals surface area contributed by atoms with Crippen LogP contribution >= 0.6 is 11.8 Å². The molecule has 2 aromatic rings. The molecule has 4 rings (SSSR count). The van der Waals surface area contributed by atoms with Crippen LogP contribution in [0.2, 0.25) is 0 Å². The van der Waals surface area contributed by atoms with Crippen molar-refractivity contribution in [1.29, 1.82) is 0 Å². The molecular weight excluding hydrogens is 438 g/mol. The maximum atomic E-state index is 13.2. The number of aromatic nitrogens is 1. The van der Waals surface area contributed by atoms with Gasteiger partial charge in [0.05, 0.1) is 17.8 Å². The van der Waals surface area contributed by atoms with Crippen molar-refractivity contribution in [2.75, 3.05) is 37.5 Å². The van der Waals surface area contributed by atoms with E-state index in [0.29, 0.717) is 25.4 Å². The minimum atomic E-state index is -3.64. The van der Waals surface area contributed by atoms with Crippen molar-refractivity contribution in [2.45, 2.75) is 23.8 Å². The summed E-state index contributed by atoms with van der Waals surface area (Å²) in [7, 11) is -2.10. The summed E-state index contributed by atoms with van der Waals surface area (Å²) in [5.41, 5.74) is 0.859. The number of rotatable bonds is 6. The van der Waals surface area contributed by atoms with E-state index in [0.717, 1.165) is 12.1 Å². The van der Waals surface area contributed by atoms with Crippen molar-refractivity contribution in [3.63, 3.8) is 0 Å². The van der Waals surface area contributed by atoms with Gasteiger partial charge in [-0.25, -0.2) is 8.42 Å². The second-order valence-electron chi connectivity index (χ2n) is 7.87. The van der Waals surface area contributed by atoms with Gasteiger partial charge in [-0.15, -0.1) is 0 Å². The highest BCUT2D eigenvalue weighted by molar-refractivity contribution is 7.99. The predicted octanol–water partition coefficient (Wildman–Crippen LogP) is 1.97. The van der Waals surface area contributed by atoms with Gasteiger partial charge in [-0.3, -0.25) is 9.59 Å². The Kier molecular flexibility index (Phi) is 6.14. The molecule has 3 heterocycles. The summed E-state index contributed by atoms with van der Waals surface area (Å²) in [6.45, 7) is 1.12. The van der Waals surface area contributed by atoms with Crippen LogP contribution in [0, 0.1) is 5.92 Å². The maximum Gasteiger partial charge on any atom is 0.274 e. The fourth-order valence-corrected chi connectivity index (χ4v) is 6.30. The molecule has 0 aliphatic carbocycles. The van der Waals surface area contributed by atoms with E-state index in [2.05, 4.69) is 5.32 Å². The quantitative estimate of drug-likeness (QED) is 0.703. The summed E-state index contributed by atoms with van der Waals surface area (Å²) in [6.07, 6.45) is 2.67. The molecule has 1 saturated heterocycles. The van der Waals surface area contributed by atoms with Crippen LogP contribution < -0.4 is 15.6 Å². The Morgan fingerprint density at radius 2 is 1.90 bits per heavy atom. The number of nitrogens with zero attached hydrogens (tertiary/aromatic N) is 2. The number of fused-ring (bicyclic) bond motifs is 4. The van der Waals surface area contributed by atoms with Crippen LogP contribution in [0.15, 0.2) is 46.1 Å². The van der Waals surface area contributed by atoms with Gasteiger partial charge in [-0.2, -0.15) is 16.1 Å². The Morgan fingerprint density at radius 3 is 2.58 bits per heavy atom. The minimum Gasteiger partial charge on any atom is -0.497 e. The Bertz CT molecular complexity index is 1140. The summed E-state index contributed by atoms with van der Waals surface area (Å²) >= 11 is 1.39. The van der Waals surface area contributed by atoms with Crippen LogP contribution in [0.4, 0.5) is 5.69 Å². The zero-order valence-electron chi connectivity index (χ0n) is 17.4. The van der Waals surface area contributed by atoms with Crippen LogP contribution in [0.3, 0.4) is 0 Å². The second-order valence-corrected chi connectivity index (χ2v) is 10.7. The van der Waals surface area contributed by atoms with E-state index in [-0.39, 0.29) is 39.6 Å². The highest BCUT2D eigenvalue weighted by atomic mass is 32.2. The van der Waals surface area contributed by atoms with Crippen LogP contribution in [-0.4, -0.2) is 55.4 Å². The zero-order valence-corrected chi connectivity index (χ0v) is 19.0. The Hall–Kier alpha value is -2.30. The van der Waals surface area contributed by atoms with Crippen LogP contribution in [-0.2, 0) is 21.4 Å². The first-order valence-corrected chi connectivity index (χ1v) is 12.8. The first-order valence-electron chi connectivity index (χ1n) is 10.00. The van der Waals surface area contributed by atoms with Crippen LogP contribution in [0.5, 0.6) is 5.75 Å². The van der Waals surface area contributed by atoms with Gasteiger partial charge in [0, 0.05) is 31.2 Å². The molecule has 2 unspecified atom stereocenters. The molecule has 1 amide bonds. The number of nitrogens with one attached hydrogen (secondary N) is 1. The van der Waals surface area contributed by atoms with Crippen molar-refractivity contribution in [3.05, 3.63) is 52.4 Å². The predicted molar refractivity (Wildman–Crippen MR) is 120 cm³/mol. The third kappa shape index (κ3) is 4.24. The summed E-state index contributed by atoms with van der Waals surface area (Å²) in [6, 6.07) is 9.85. The molecule has 1 aromatic carbocycles. The monoisotopic (exact) mass is 463 g/mol. The summed E-state index contributed by atoms with van der Waals surface area (Å²) < 4.78 is 34.7. The summed E-state index contributed by atoms with van der Waals surface area (Å²) in [5.74, 6) is 0.643. The Morgan fingerprint density at radius 1 is 1.16 bits per heavy atom. The van der Waals surface area contributed by atoms with Crippen molar-refractivity contribution in [1.82, 2.24) is 8.87 Å². The lowest BCUT2D eigenvalue weighted by Crippen LogP contribution is -2.49. The molecular formula is C21H25N3O5S2.